The summed E-state index contributed by atoms with van der Waals surface area (Å²) in [4.78, 5) is 5.21. The van der Waals surface area contributed by atoms with Crippen molar-refractivity contribution in [2.75, 3.05) is 32.7 Å². The van der Waals surface area contributed by atoms with Gasteiger partial charge in [0.1, 0.15) is 0 Å². The zero-order chi connectivity index (χ0) is 15.1. The van der Waals surface area contributed by atoms with Gasteiger partial charge in [-0.1, -0.05) is 38.1 Å². The Morgan fingerprint density at radius 2 is 1.81 bits per heavy atom. The number of rotatable bonds is 7. The summed E-state index contributed by atoms with van der Waals surface area (Å²) in [6.45, 7) is 14.7. The van der Waals surface area contributed by atoms with Crippen LogP contribution in [0.3, 0.4) is 0 Å². The van der Waals surface area contributed by atoms with Crippen molar-refractivity contribution in [3.63, 3.8) is 0 Å². The van der Waals surface area contributed by atoms with Gasteiger partial charge in [-0.05, 0) is 31.0 Å². The van der Waals surface area contributed by atoms with Gasteiger partial charge in [0.15, 0.2) is 0 Å². The third-order valence-electron chi connectivity index (χ3n) is 4.60. The summed E-state index contributed by atoms with van der Waals surface area (Å²) in [5.41, 5.74) is 2.84. The minimum absolute atomic E-state index is 0.732. The summed E-state index contributed by atoms with van der Waals surface area (Å²) >= 11 is 0. The van der Waals surface area contributed by atoms with Gasteiger partial charge in [-0.25, -0.2) is 0 Å². The molecule has 1 aromatic carbocycles. The Kier molecular flexibility index (Phi) is 6.68. The van der Waals surface area contributed by atoms with Crippen LogP contribution in [-0.4, -0.2) is 48.6 Å². The molecule has 2 rings (SSSR count). The van der Waals surface area contributed by atoms with Crippen molar-refractivity contribution in [2.24, 2.45) is 0 Å². The van der Waals surface area contributed by atoms with Crippen LogP contribution in [-0.2, 0) is 13.1 Å². The molecular weight excluding hydrogens is 258 g/mol. The van der Waals surface area contributed by atoms with Crippen molar-refractivity contribution in [3.05, 3.63) is 35.4 Å². The molecule has 0 spiro atoms. The van der Waals surface area contributed by atoms with Crippen LogP contribution in [0.5, 0.6) is 0 Å². The van der Waals surface area contributed by atoms with E-state index in [0.717, 1.165) is 25.7 Å². The average Bonchev–Trinajstić information content (AvgIpc) is 2.53. The Morgan fingerprint density at radius 1 is 1.10 bits per heavy atom. The molecule has 1 heterocycles. The fraction of sp³-hybridized carbons (Fsp3) is 0.667. The minimum atomic E-state index is 0.732. The van der Waals surface area contributed by atoms with Gasteiger partial charge < -0.3 is 5.32 Å². The van der Waals surface area contributed by atoms with Gasteiger partial charge in [0.2, 0.25) is 0 Å². The molecule has 1 atom stereocenters. The molecule has 1 fully saturated rings. The van der Waals surface area contributed by atoms with E-state index in [1.807, 2.05) is 0 Å². The van der Waals surface area contributed by atoms with E-state index in [2.05, 4.69) is 60.2 Å². The first-order valence-electron chi connectivity index (χ1n) is 8.47. The van der Waals surface area contributed by atoms with Gasteiger partial charge >= 0.3 is 0 Å². The van der Waals surface area contributed by atoms with Crippen LogP contribution in [0.1, 0.15) is 38.3 Å². The molecule has 1 unspecified atom stereocenters. The summed E-state index contributed by atoms with van der Waals surface area (Å²) in [5.74, 6) is 0. The quantitative estimate of drug-likeness (QED) is 0.832. The van der Waals surface area contributed by atoms with Crippen LogP contribution >= 0.6 is 0 Å². The Morgan fingerprint density at radius 3 is 2.48 bits per heavy atom. The molecule has 1 aliphatic heterocycles. The lowest BCUT2D eigenvalue weighted by Gasteiger charge is -2.37. The molecule has 1 aliphatic rings. The van der Waals surface area contributed by atoms with E-state index in [1.54, 1.807) is 0 Å². The van der Waals surface area contributed by atoms with E-state index in [1.165, 1.54) is 43.7 Å². The van der Waals surface area contributed by atoms with E-state index in [0.29, 0.717) is 0 Å². The highest BCUT2D eigenvalue weighted by molar-refractivity contribution is 5.23. The zero-order valence-electron chi connectivity index (χ0n) is 13.9. The third-order valence-corrected chi connectivity index (χ3v) is 4.60. The minimum Gasteiger partial charge on any atom is -0.313 e. The largest absolute Gasteiger partial charge is 0.313 e. The Balaban J connectivity index is 1.83. The van der Waals surface area contributed by atoms with Gasteiger partial charge in [0, 0.05) is 45.3 Å². The van der Waals surface area contributed by atoms with E-state index in [4.69, 9.17) is 0 Å². The molecule has 0 amide bonds. The molecule has 1 aromatic rings. The topological polar surface area (TPSA) is 18.5 Å². The van der Waals surface area contributed by atoms with Crippen LogP contribution in [0.4, 0.5) is 0 Å². The summed E-state index contributed by atoms with van der Waals surface area (Å²) < 4.78 is 0. The van der Waals surface area contributed by atoms with Crippen LogP contribution in [0.15, 0.2) is 24.3 Å². The first kappa shape index (κ1) is 16.5. The fourth-order valence-corrected chi connectivity index (χ4v) is 2.99. The molecule has 3 nitrogen and oxygen atoms in total. The molecule has 0 bridgehead atoms. The second kappa shape index (κ2) is 8.52. The van der Waals surface area contributed by atoms with Gasteiger partial charge in [0.25, 0.3) is 0 Å². The van der Waals surface area contributed by atoms with E-state index < -0.39 is 0 Å². The first-order valence-corrected chi connectivity index (χ1v) is 8.47. The molecule has 1 saturated heterocycles. The number of piperazine rings is 1. The van der Waals surface area contributed by atoms with Crippen molar-refractivity contribution >= 4 is 0 Å². The normalized spacial score (nSPS) is 18.8. The Hall–Kier alpha value is -0.900. The number of nitrogens with zero attached hydrogens (tertiary/aromatic N) is 2. The average molecular weight is 289 g/mol. The van der Waals surface area contributed by atoms with Crippen molar-refractivity contribution in [3.8, 4) is 0 Å². The Bertz CT molecular complexity index is 411. The summed E-state index contributed by atoms with van der Waals surface area (Å²) in [6, 6.07) is 9.75. The van der Waals surface area contributed by atoms with Crippen molar-refractivity contribution in [1.29, 1.82) is 0 Å². The van der Waals surface area contributed by atoms with Crippen molar-refractivity contribution in [2.45, 2.75) is 46.3 Å². The molecule has 3 heteroatoms. The van der Waals surface area contributed by atoms with Crippen LogP contribution in [0.25, 0.3) is 0 Å². The molecule has 0 aliphatic carbocycles. The van der Waals surface area contributed by atoms with Crippen molar-refractivity contribution in [1.82, 2.24) is 15.1 Å². The number of nitrogens with one attached hydrogen (secondary N) is 1. The maximum absolute atomic E-state index is 3.40. The number of benzene rings is 1. The van der Waals surface area contributed by atoms with E-state index in [9.17, 15) is 0 Å². The second-order valence-electron chi connectivity index (χ2n) is 6.17. The second-order valence-corrected chi connectivity index (χ2v) is 6.17. The molecule has 0 radical (unpaired) electrons. The van der Waals surface area contributed by atoms with Gasteiger partial charge in [-0.2, -0.15) is 0 Å². The molecule has 21 heavy (non-hydrogen) atoms. The highest BCUT2D eigenvalue weighted by Gasteiger charge is 2.19. The highest BCUT2D eigenvalue weighted by atomic mass is 15.3. The lowest BCUT2D eigenvalue weighted by molar-refractivity contribution is 0.0963. The smallest absolute Gasteiger partial charge is 0.0234 e. The van der Waals surface area contributed by atoms with Crippen LogP contribution < -0.4 is 5.32 Å². The zero-order valence-corrected chi connectivity index (χ0v) is 13.9. The van der Waals surface area contributed by atoms with Crippen LogP contribution in [0, 0.1) is 0 Å². The fourth-order valence-electron chi connectivity index (χ4n) is 2.99. The van der Waals surface area contributed by atoms with Gasteiger partial charge in [-0.15, -0.1) is 0 Å². The lowest BCUT2D eigenvalue weighted by Crippen LogP contribution is -2.48. The maximum Gasteiger partial charge on any atom is 0.0234 e. The standard InChI is InChI=1S/C18H31N3/c1-4-16(3)21-11-9-20(10-12-21)15-18-8-6-7-17(13-18)14-19-5-2/h6-8,13,16,19H,4-5,9-12,14-15H2,1-3H3. The summed E-state index contributed by atoms with van der Waals surface area (Å²) in [7, 11) is 0. The maximum atomic E-state index is 3.40. The number of hydrogen-bond donors (Lipinski definition) is 1. The SMILES string of the molecule is CCNCc1cccc(CN2CCN(C(C)CC)CC2)c1. The lowest BCUT2D eigenvalue weighted by atomic mass is 10.1. The molecule has 0 aromatic heterocycles. The molecule has 0 saturated carbocycles. The predicted molar refractivity (Wildman–Crippen MR) is 90.4 cm³/mol. The third kappa shape index (κ3) is 5.10. The van der Waals surface area contributed by atoms with Crippen LogP contribution in [0.2, 0.25) is 0 Å². The molecular formula is C18H31N3. The molecule has 118 valence electrons. The van der Waals surface area contributed by atoms with Crippen molar-refractivity contribution < 1.29 is 0 Å². The first-order chi connectivity index (χ1) is 10.2. The molecule has 1 N–H and O–H groups in total. The summed E-state index contributed by atoms with van der Waals surface area (Å²) in [5, 5.41) is 3.40. The summed E-state index contributed by atoms with van der Waals surface area (Å²) in [6.07, 6.45) is 1.26. The van der Waals surface area contributed by atoms with E-state index >= 15 is 0 Å². The predicted octanol–water partition coefficient (Wildman–Crippen LogP) is 2.71. The van der Waals surface area contributed by atoms with Gasteiger partial charge in [-0.3, -0.25) is 9.80 Å². The van der Waals surface area contributed by atoms with E-state index in [-0.39, 0.29) is 0 Å². The Labute approximate surface area is 130 Å². The van der Waals surface area contributed by atoms with Gasteiger partial charge in [0.05, 0.1) is 0 Å². The number of hydrogen-bond acceptors (Lipinski definition) is 3. The monoisotopic (exact) mass is 289 g/mol. The highest BCUT2D eigenvalue weighted by Crippen LogP contribution is 2.13.